The predicted octanol–water partition coefficient (Wildman–Crippen LogP) is 12.9. The Balaban J connectivity index is 2.50. The highest BCUT2D eigenvalue weighted by molar-refractivity contribution is 5.65. The molecule has 4 N–H and O–H groups in total. The maximum absolute atomic E-state index is 12.7. The van der Waals surface area contributed by atoms with Crippen LogP contribution in [0.5, 0.6) is 23.0 Å². The number of benzene rings is 4. The van der Waals surface area contributed by atoms with E-state index in [0.717, 1.165) is 73.2 Å². The Morgan fingerprint density at radius 3 is 1.04 bits per heavy atom. The molecule has 288 valence electrons. The summed E-state index contributed by atoms with van der Waals surface area (Å²) in [5.74, 6) is 0.371. The lowest BCUT2D eigenvalue weighted by atomic mass is 9.56. The lowest BCUT2D eigenvalue weighted by molar-refractivity contribution is 0.367. The summed E-state index contributed by atoms with van der Waals surface area (Å²) < 4.78 is 0. The molecule has 0 spiro atoms. The van der Waals surface area contributed by atoms with E-state index in [9.17, 15) is 20.4 Å². The molecule has 0 radical (unpaired) electrons. The molecular formula is C49H68O4. The highest BCUT2D eigenvalue weighted by Crippen LogP contribution is 2.59. The molecule has 4 heteroatoms. The van der Waals surface area contributed by atoms with Crippen LogP contribution in [-0.4, -0.2) is 20.4 Å². The van der Waals surface area contributed by atoms with E-state index in [2.05, 4.69) is 154 Å². The number of aromatic hydroxyl groups is 4. The van der Waals surface area contributed by atoms with Gasteiger partial charge in [-0.3, -0.25) is 0 Å². The molecule has 0 saturated carbocycles. The Bertz CT molecular complexity index is 1860. The molecule has 4 rings (SSSR count). The molecule has 0 aromatic heterocycles. The summed E-state index contributed by atoms with van der Waals surface area (Å²) in [5, 5.41) is 48.5. The molecule has 0 saturated heterocycles. The third-order valence-corrected chi connectivity index (χ3v) is 11.2. The second-order valence-electron chi connectivity index (χ2n) is 20.0. The van der Waals surface area contributed by atoms with Crippen molar-refractivity contribution in [2.24, 2.45) is 0 Å². The minimum Gasteiger partial charge on any atom is -0.508 e. The SMILES string of the molecule is CCCC(c1cc(C(C)(C)C)c(O)cc1C)(c1cc(C(C)(C)C)c(O)cc1C)C(c1cc(C)cc(C(C)(C)C)c1O)c1cc(C)cc(C(C)(C)C)c1O. The summed E-state index contributed by atoms with van der Waals surface area (Å²) >= 11 is 0. The average Bonchev–Trinajstić information content (AvgIpc) is 2.97. The van der Waals surface area contributed by atoms with Crippen molar-refractivity contribution in [1.82, 2.24) is 0 Å². The summed E-state index contributed by atoms with van der Waals surface area (Å²) in [6.45, 7) is 36.0. The van der Waals surface area contributed by atoms with Crippen molar-refractivity contribution in [3.05, 3.63) is 115 Å². The van der Waals surface area contributed by atoms with Gasteiger partial charge in [-0.25, -0.2) is 0 Å². The number of hydrogen-bond donors (Lipinski definition) is 4. The van der Waals surface area contributed by atoms with Gasteiger partial charge < -0.3 is 20.4 Å². The molecule has 4 aromatic carbocycles. The number of rotatable bonds is 7. The van der Waals surface area contributed by atoms with Crippen molar-refractivity contribution < 1.29 is 20.4 Å². The Labute approximate surface area is 321 Å². The van der Waals surface area contributed by atoms with Crippen LogP contribution in [0.2, 0.25) is 0 Å². The van der Waals surface area contributed by atoms with E-state index in [4.69, 9.17) is 0 Å². The van der Waals surface area contributed by atoms with Crippen LogP contribution in [0.4, 0.5) is 0 Å². The van der Waals surface area contributed by atoms with Crippen LogP contribution < -0.4 is 0 Å². The van der Waals surface area contributed by atoms with Gasteiger partial charge in [0.15, 0.2) is 0 Å². The molecule has 0 heterocycles. The molecule has 0 aliphatic carbocycles. The van der Waals surface area contributed by atoms with Crippen molar-refractivity contribution in [1.29, 1.82) is 0 Å². The molecule has 0 atom stereocenters. The Morgan fingerprint density at radius 2 is 0.755 bits per heavy atom. The van der Waals surface area contributed by atoms with Gasteiger partial charge in [0, 0.05) is 22.5 Å². The van der Waals surface area contributed by atoms with E-state index in [1.54, 1.807) is 0 Å². The van der Waals surface area contributed by atoms with E-state index in [1.165, 1.54) is 0 Å². The van der Waals surface area contributed by atoms with Crippen LogP contribution in [0.25, 0.3) is 0 Å². The average molecular weight is 721 g/mol. The first-order chi connectivity index (χ1) is 24.1. The smallest absolute Gasteiger partial charge is 0.123 e. The second kappa shape index (κ2) is 14.1. The maximum atomic E-state index is 12.7. The maximum Gasteiger partial charge on any atom is 0.123 e. The van der Waals surface area contributed by atoms with Crippen molar-refractivity contribution in [2.75, 3.05) is 0 Å². The topological polar surface area (TPSA) is 80.9 Å². The van der Waals surface area contributed by atoms with E-state index >= 15 is 0 Å². The van der Waals surface area contributed by atoms with Crippen LogP contribution in [0, 0.1) is 27.7 Å². The monoisotopic (exact) mass is 721 g/mol. The fraction of sp³-hybridized carbons (Fsp3) is 0.510. The summed E-state index contributed by atoms with van der Waals surface area (Å²) in [6.07, 6.45) is 1.43. The number of phenols is 4. The quantitative estimate of drug-likeness (QED) is 0.153. The molecule has 53 heavy (non-hydrogen) atoms. The predicted molar refractivity (Wildman–Crippen MR) is 224 cm³/mol. The lowest BCUT2D eigenvalue weighted by Crippen LogP contribution is -2.39. The highest BCUT2D eigenvalue weighted by Gasteiger charge is 2.49. The molecule has 0 amide bonds. The molecule has 4 nitrogen and oxygen atoms in total. The fourth-order valence-electron chi connectivity index (χ4n) is 8.71. The first-order valence-corrected chi connectivity index (χ1v) is 19.4. The summed E-state index contributed by atoms with van der Waals surface area (Å²) in [5.41, 5.74) is 8.41. The van der Waals surface area contributed by atoms with Crippen molar-refractivity contribution >= 4 is 0 Å². The van der Waals surface area contributed by atoms with Gasteiger partial charge in [-0.05, 0) is 112 Å². The Kier molecular flexibility index (Phi) is 11.1. The van der Waals surface area contributed by atoms with E-state index in [0.29, 0.717) is 6.42 Å². The van der Waals surface area contributed by atoms with Crippen LogP contribution in [0.15, 0.2) is 48.5 Å². The van der Waals surface area contributed by atoms with Gasteiger partial charge in [-0.1, -0.05) is 144 Å². The molecule has 0 unspecified atom stereocenters. The molecule has 4 aromatic rings. The number of hydrogen-bond acceptors (Lipinski definition) is 4. The van der Waals surface area contributed by atoms with Crippen molar-refractivity contribution in [3.8, 4) is 23.0 Å². The van der Waals surface area contributed by atoms with Gasteiger partial charge in [0.05, 0.1) is 0 Å². The van der Waals surface area contributed by atoms with Gasteiger partial charge in [0.1, 0.15) is 23.0 Å². The molecule has 0 aliphatic heterocycles. The summed E-state index contributed by atoms with van der Waals surface area (Å²) in [6, 6.07) is 16.5. The summed E-state index contributed by atoms with van der Waals surface area (Å²) in [7, 11) is 0. The van der Waals surface area contributed by atoms with Crippen LogP contribution in [-0.2, 0) is 27.1 Å². The number of phenolic OH excluding ortho intramolecular Hbond substituents is 4. The van der Waals surface area contributed by atoms with Gasteiger partial charge in [-0.2, -0.15) is 0 Å². The molecule has 0 bridgehead atoms. The molecule has 0 fully saturated rings. The largest absolute Gasteiger partial charge is 0.508 e. The minimum atomic E-state index is -0.898. The minimum absolute atomic E-state index is 0.228. The van der Waals surface area contributed by atoms with Gasteiger partial charge in [0.2, 0.25) is 0 Å². The van der Waals surface area contributed by atoms with E-state index in [1.807, 2.05) is 12.1 Å². The Morgan fingerprint density at radius 1 is 0.434 bits per heavy atom. The second-order valence-corrected chi connectivity index (χ2v) is 20.0. The lowest BCUT2D eigenvalue weighted by Gasteiger charge is -2.46. The zero-order valence-electron chi connectivity index (χ0n) is 35.9. The normalized spacial score (nSPS) is 13.2. The first kappa shape index (κ1) is 41.8. The van der Waals surface area contributed by atoms with E-state index < -0.39 is 11.3 Å². The number of aryl methyl sites for hydroxylation is 4. The van der Waals surface area contributed by atoms with Gasteiger partial charge in [0.25, 0.3) is 0 Å². The first-order valence-electron chi connectivity index (χ1n) is 19.4. The Hall–Kier alpha value is -3.92. The molecule has 0 aliphatic rings. The van der Waals surface area contributed by atoms with Crippen LogP contribution in [0.3, 0.4) is 0 Å². The zero-order chi connectivity index (χ0) is 40.4. The van der Waals surface area contributed by atoms with Crippen LogP contribution >= 0.6 is 0 Å². The third-order valence-electron chi connectivity index (χ3n) is 11.2. The fourth-order valence-corrected chi connectivity index (χ4v) is 8.71. The van der Waals surface area contributed by atoms with Crippen molar-refractivity contribution in [3.63, 3.8) is 0 Å². The van der Waals surface area contributed by atoms with Crippen molar-refractivity contribution in [2.45, 2.75) is 164 Å². The van der Waals surface area contributed by atoms with Crippen LogP contribution in [0.1, 0.15) is 176 Å². The highest BCUT2D eigenvalue weighted by atomic mass is 16.3. The zero-order valence-corrected chi connectivity index (χ0v) is 35.9. The standard InChI is InChI=1S/C49H68O4/c1-18-19-49(34-26-36(45(6,7)8)40(50)24-30(34)4,35-27-37(46(9,10)11)41(51)25-31(35)5)42(32-20-28(2)22-38(43(32)52)47(12,13)14)33-21-29(3)23-39(44(33)53)48(15,16)17/h20-27,42,50-53H,18-19H2,1-17H3. The van der Waals surface area contributed by atoms with E-state index in [-0.39, 0.29) is 44.7 Å². The third kappa shape index (κ3) is 7.84. The van der Waals surface area contributed by atoms with Gasteiger partial charge in [-0.15, -0.1) is 0 Å². The summed E-state index contributed by atoms with van der Waals surface area (Å²) in [4.78, 5) is 0. The molecular weight excluding hydrogens is 653 g/mol. The van der Waals surface area contributed by atoms with Gasteiger partial charge >= 0.3 is 0 Å².